The number of hydrogen-bond acceptors (Lipinski definition) is 2. The molecule has 0 aromatic heterocycles. The third-order valence-electron chi connectivity index (χ3n) is 2.48. The van der Waals surface area contributed by atoms with Crippen molar-refractivity contribution in [3.8, 4) is 0 Å². The topological polar surface area (TPSA) is 46.3 Å². The van der Waals surface area contributed by atoms with E-state index in [2.05, 4.69) is 0 Å². The summed E-state index contributed by atoms with van der Waals surface area (Å²) in [6, 6.07) is 4.35. The Kier molecular flexibility index (Phi) is 5.50. The minimum Gasteiger partial charge on any atom is -0.393 e. The van der Waals surface area contributed by atoms with E-state index in [0.717, 1.165) is 0 Å². The van der Waals surface area contributed by atoms with E-state index in [1.807, 2.05) is 0 Å². The van der Waals surface area contributed by atoms with Gasteiger partial charge in [0.05, 0.1) is 15.6 Å². The van der Waals surface area contributed by atoms with Crippen LogP contribution in [0.2, 0.25) is 5.02 Å². The maximum Gasteiger partial charge on any atom is 0.256 e. The van der Waals surface area contributed by atoms with Crippen LogP contribution in [0.1, 0.15) is 23.7 Å². The second-order valence-electron chi connectivity index (χ2n) is 3.70. The molecule has 0 aliphatic heterocycles. The number of nitrogens with zero attached hydrogens (tertiary/aromatic N) is 1. The van der Waals surface area contributed by atoms with E-state index in [1.54, 1.807) is 13.0 Å². The number of rotatable bonds is 5. The number of amides is 1. The van der Waals surface area contributed by atoms with Gasteiger partial charge in [0.1, 0.15) is 0 Å². The predicted octanol–water partition coefficient (Wildman–Crippen LogP) is 2.62. The van der Waals surface area contributed by atoms with Gasteiger partial charge in [0, 0.05) is 19.5 Å². The Morgan fingerprint density at radius 3 is 2.78 bits per heavy atom. The molecule has 0 saturated heterocycles. The minimum absolute atomic E-state index is 0.0349. The summed E-state index contributed by atoms with van der Waals surface area (Å²) < 4.78 is 13.7. The Morgan fingerprint density at radius 1 is 1.56 bits per heavy atom. The van der Waals surface area contributed by atoms with Crippen molar-refractivity contribution in [3.05, 3.63) is 34.6 Å². The average Bonchev–Trinajstić information content (AvgIpc) is 2.32. The van der Waals surface area contributed by atoms with E-state index < -0.39 is 11.7 Å². The van der Waals surface area contributed by atoms with Crippen molar-refractivity contribution in [1.82, 2.24) is 4.90 Å². The zero-order valence-electron chi connectivity index (χ0n) is 9.95. The van der Waals surface area contributed by atoms with Crippen LogP contribution in [0, 0.1) is 5.82 Å². The second-order valence-corrected chi connectivity index (χ2v) is 4.63. The minimum atomic E-state index is -0.696. The third-order valence-corrected chi connectivity index (χ3v) is 2.98. The van der Waals surface area contributed by atoms with Crippen LogP contribution in [0.5, 0.6) is 0 Å². The van der Waals surface area contributed by atoms with Crippen LogP contribution >= 0.6 is 23.8 Å². The van der Waals surface area contributed by atoms with Crippen LogP contribution in [-0.4, -0.2) is 28.9 Å². The summed E-state index contributed by atoms with van der Waals surface area (Å²) in [5.74, 6) is -1.10. The lowest BCUT2D eigenvalue weighted by Crippen LogP contribution is -2.34. The molecule has 1 aromatic carbocycles. The summed E-state index contributed by atoms with van der Waals surface area (Å²) in [6.07, 6.45) is 0.414. The number of carbonyl (C=O) groups excluding carboxylic acids is 1. The Hall–Kier alpha value is -1.20. The number of nitrogens with two attached hydrogens (primary N) is 1. The molecule has 1 rings (SSSR count). The lowest BCUT2D eigenvalue weighted by molar-refractivity contribution is 0.0764. The van der Waals surface area contributed by atoms with Crippen molar-refractivity contribution in [2.45, 2.75) is 13.3 Å². The summed E-state index contributed by atoms with van der Waals surface area (Å²) in [7, 11) is 0. The van der Waals surface area contributed by atoms with Gasteiger partial charge >= 0.3 is 0 Å². The molecule has 0 atom stereocenters. The number of thiocarbonyl (C=S) groups is 1. The Morgan fingerprint density at radius 2 is 2.22 bits per heavy atom. The summed E-state index contributed by atoms with van der Waals surface area (Å²) >= 11 is 10.4. The Bertz CT molecular complexity index is 467. The van der Waals surface area contributed by atoms with E-state index in [-0.39, 0.29) is 10.6 Å². The molecule has 1 amide bonds. The fourth-order valence-corrected chi connectivity index (χ4v) is 1.75. The number of halogens is 2. The first-order chi connectivity index (χ1) is 8.47. The van der Waals surface area contributed by atoms with E-state index in [0.29, 0.717) is 24.5 Å². The number of benzene rings is 1. The van der Waals surface area contributed by atoms with Gasteiger partial charge in [-0.15, -0.1) is 0 Å². The first-order valence-corrected chi connectivity index (χ1v) is 6.27. The van der Waals surface area contributed by atoms with Crippen LogP contribution in [0.15, 0.2) is 18.2 Å². The lowest BCUT2D eigenvalue weighted by Gasteiger charge is -2.21. The summed E-state index contributed by atoms with van der Waals surface area (Å²) in [5, 5.41) is -0.0637. The molecular weight excluding hydrogens is 275 g/mol. The molecule has 1 aromatic rings. The molecule has 6 heteroatoms. The lowest BCUT2D eigenvalue weighted by atomic mass is 10.1. The monoisotopic (exact) mass is 288 g/mol. The van der Waals surface area contributed by atoms with Gasteiger partial charge in [-0.25, -0.2) is 4.39 Å². The maximum atomic E-state index is 13.7. The molecule has 0 bridgehead atoms. The van der Waals surface area contributed by atoms with Crippen LogP contribution < -0.4 is 5.73 Å². The van der Waals surface area contributed by atoms with E-state index in [9.17, 15) is 9.18 Å². The van der Waals surface area contributed by atoms with Crippen molar-refractivity contribution in [1.29, 1.82) is 0 Å². The van der Waals surface area contributed by atoms with Gasteiger partial charge < -0.3 is 10.6 Å². The van der Waals surface area contributed by atoms with Gasteiger partial charge in [0.25, 0.3) is 5.91 Å². The van der Waals surface area contributed by atoms with E-state index >= 15 is 0 Å². The van der Waals surface area contributed by atoms with Crippen LogP contribution in [0.25, 0.3) is 0 Å². The number of hydrogen-bond donors (Lipinski definition) is 1. The molecular formula is C12H14ClFN2OS. The highest BCUT2D eigenvalue weighted by Crippen LogP contribution is 2.19. The molecule has 0 aliphatic carbocycles. The number of carbonyl (C=O) groups is 1. The van der Waals surface area contributed by atoms with E-state index in [4.69, 9.17) is 29.6 Å². The van der Waals surface area contributed by atoms with Crippen molar-refractivity contribution >= 4 is 34.7 Å². The molecule has 0 radical (unpaired) electrons. The zero-order chi connectivity index (χ0) is 13.7. The van der Waals surface area contributed by atoms with Crippen LogP contribution in [-0.2, 0) is 0 Å². The van der Waals surface area contributed by atoms with Gasteiger partial charge in [0.15, 0.2) is 5.82 Å². The quantitative estimate of drug-likeness (QED) is 0.847. The first-order valence-electron chi connectivity index (χ1n) is 5.49. The Balaban J connectivity index is 2.89. The molecule has 0 spiro atoms. The van der Waals surface area contributed by atoms with Crippen LogP contribution in [0.4, 0.5) is 4.39 Å². The fraction of sp³-hybridized carbons (Fsp3) is 0.333. The molecule has 0 saturated carbocycles. The van der Waals surface area contributed by atoms with Crippen molar-refractivity contribution < 1.29 is 9.18 Å². The average molecular weight is 289 g/mol. The van der Waals surface area contributed by atoms with Crippen molar-refractivity contribution in [3.63, 3.8) is 0 Å². The molecule has 98 valence electrons. The van der Waals surface area contributed by atoms with Gasteiger partial charge in [-0.2, -0.15) is 0 Å². The predicted molar refractivity (Wildman–Crippen MR) is 74.4 cm³/mol. The smallest absolute Gasteiger partial charge is 0.256 e. The maximum absolute atomic E-state index is 13.7. The molecule has 3 nitrogen and oxygen atoms in total. The van der Waals surface area contributed by atoms with Crippen molar-refractivity contribution in [2.24, 2.45) is 5.73 Å². The molecule has 0 aliphatic rings. The Labute approximate surface area is 116 Å². The van der Waals surface area contributed by atoms with E-state index in [1.165, 1.54) is 17.0 Å². The highest BCUT2D eigenvalue weighted by molar-refractivity contribution is 7.80. The molecule has 0 unspecified atom stereocenters. The molecule has 0 fully saturated rings. The molecule has 18 heavy (non-hydrogen) atoms. The fourth-order valence-electron chi connectivity index (χ4n) is 1.49. The van der Waals surface area contributed by atoms with Gasteiger partial charge in [-0.1, -0.05) is 29.9 Å². The van der Waals surface area contributed by atoms with Gasteiger partial charge in [-0.05, 0) is 19.1 Å². The summed E-state index contributed by atoms with van der Waals surface area (Å²) in [4.78, 5) is 13.9. The molecule has 2 N–H and O–H groups in total. The summed E-state index contributed by atoms with van der Waals surface area (Å²) in [6.45, 7) is 2.63. The van der Waals surface area contributed by atoms with Gasteiger partial charge in [-0.3, -0.25) is 4.79 Å². The first kappa shape index (κ1) is 14.9. The van der Waals surface area contributed by atoms with Crippen molar-refractivity contribution in [2.75, 3.05) is 13.1 Å². The van der Waals surface area contributed by atoms with Crippen LogP contribution in [0.3, 0.4) is 0 Å². The van der Waals surface area contributed by atoms with Gasteiger partial charge in [0.2, 0.25) is 0 Å². The highest BCUT2D eigenvalue weighted by Gasteiger charge is 2.19. The largest absolute Gasteiger partial charge is 0.393 e. The summed E-state index contributed by atoms with van der Waals surface area (Å²) in [5.41, 5.74) is 5.35. The standard InChI is InChI=1S/C12H14ClFN2OS/c1-2-16(7-6-10(15)18)12(17)8-4-3-5-9(13)11(8)14/h3-5H,2,6-7H2,1H3,(H2,15,18). The normalized spacial score (nSPS) is 10.2. The second kappa shape index (κ2) is 6.66. The SMILES string of the molecule is CCN(CCC(N)=S)C(=O)c1cccc(Cl)c1F. The molecule has 0 heterocycles. The third kappa shape index (κ3) is 3.65. The zero-order valence-corrected chi connectivity index (χ0v) is 11.5. The highest BCUT2D eigenvalue weighted by atomic mass is 35.5.